The van der Waals surface area contributed by atoms with Gasteiger partial charge < -0.3 is 4.98 Å². The van der Waals surface area contributed by atoms with Crippen molar-refractivity contribution in [3.63, 3.8) is 0 Å². The molecule has 15 heavy (non-hydrogen) atoms. The zero-order chi connectivity index (χ0) is 10.8. The Hall–Kier alpha value is -1.62. The van der Waals surface area contributed by atoms with Crippen LogP contribution in [0.4, 0.5) is 0 Å². The van der Waals surface area contributed by atoms with Crippen molar-refractivity contribution in [1.29, 1.82) is 0 Å². The third-order valence-electron chi connectivity index (χ3n) is 2.06. The largest absolute Gasteiger partial charge is 0.361 e. The van der Waals surface area contributed by atoms with Crippen molar-refractivity contribution in [1.82, 2.24) is 4.98 Å². The number of aromatic nitrogens is 1. The van der Waals surface area contributed by atoms with Crippen molar-refractivity contribution in [3.8, 4) is 0 Å². The molecule has 2 rings (SSSR count). The van der Waals surface area contributed by atoms with Crippen molar-refractivity contribution < 1.29 is 4.92 Å². The van der Waals surface area contributed by atoms with E-state index in [-0.39, 0.29) is 0 Å². The Morgan fingerprint density at radius 1 is 1.47 bits per heavy atom. The summed E-state index contributed by atoms with van der Waals surface area (Å²) < 4.78 is 0.921. The number of fused-ring (bicyclic) bond motifs is 1. The highest BCUT2D eigenvalue weighted by Gasteiger charge is 2.04. The molecular formula is C10H7BrN2O2. The first kappa shape index (κ1) is 9.92. The summed E-state index contributed by atoms with van der Waals surface area (Å²) in [5.41, 5.74) is 1.75. The van der Waals surface area contributed by atoms with Crippen LogP contribution in [0.25, 0.3) is 17.0 Å². The summed E-state index contributed by atoms with van der Waals surface area (Å²) in [6, 6.07) is 5.73. The first-order valence-corrected chi connectivity index (χ1v) is 5.05. The predicted octanol–water partition coefficient (Wildman–Crippen LogP) is 3.18. The number of benzene rings is 1. The lowest BCUT2D eigenvalue weighted by Gasteiger charge is -1.94. The lowest BCUT2D eigenvalue weighted by atomic mass is 10.2. The van der Waals surface area contributed by atoms with Crippen LogP contribution in [-0.2, 0) is 0 Å². The first-order valence-electron chi connectivity index (χ1n) is 4.26. The summed E-state index contributed by atoms with van der Waals surface area (Å²) in [5, 5.41) is 11.2. The molecule has 0 aliphatic heterocycles. The minimum atomic E-state index is -0.477. The molecule has 0 radical (unpaired) electrons. The zero-order valence-corrected chi connectivity index (χ0v) is 9.19. The number of hydrogen-bond acceptors (Lipinski definition) is 2. The maximum Gasteiger partial charge on any atom is 0.235 e. The summed E-state index contributed by atoms with van der Waals surface area (Å²) in [7, 11) is 0. The SMILES string of the molecule is O=[N+]([O-])/C=C/c1c[nH]c2cccc(Br)c12. The van der Waals surface area contributed by atoms with Gasteiger partial charge in [0.2, 0.25) is 6.20 Å². The number of rotatable bonds is 2. The normalized spacial score (nSPS) is 11.3. The lowest BCUT2D eigenvalue weighted by Crippen LogP contribution is -1.81. The maximum absolute atomic E-state index is 10.2. The van der Waals surface area contributed by atoms with E-state index in [1.807, 2.05) is 18.2 Å². The van der Waals surface area contributed by atoms with Crippen LogP contribution in [0.2, 0.25) is 0 Å². The molecule has 0 bridgehead atoms. The number of hydrogen-bond donors (Lipinski definition) is 1. The molecule has 0 atom stereocenters. The predicted molar refractivity (Wildman–Crippen MR) is 62.0 cm³/mol. The minimum absolute atomic E-state index is 0.477. The molecule has 0 saturated heterocycles. The number of aromatic amines is 1. The lowest BCUT2D eigenvalue weighted by molar-refractivity contribution is -0.400. The van der Waals surface area contributed by atoms with E-state index < -0.39 is 4.92 Å². The Morgan fingerprint density at radius 3 is 3.00 bits per heavy atom. The molecule has 0 spiro atoms. The highest BCUT2D eigenvalue weighted by Crippen LogP contribution is 2.27. The Morgan fingerprint density at radius 2 is 2.27 bits per heavy atom. The van der Waals surface area contributed by atoms with Gasteiger partial charge in [0.05, 0.1) is 4.92 Å². The number of halogens is 1. The van der Waals surface area contributed by atoms with E-state index in [1.165, 1.54) is 6.08 Å². The molecule has 0 fully saturated rings. The van der Waals surface area contributed by atoms with Gasteiger partial charge in [0, 0.05) is 33.2 Å². The molecular weight excluding hydrogens is 260 g/mol. The number of nitrogens with zero attached hydrogens (tertiary/aromatic N) is 1. The fourth-order valence-electron chi connectivity index (χ4n) is 1.44. The van der Waals surface area contributed by atoms with Gasteiger partial charge >= 0.3 is 0 Å². The van der Waals surface area contributed by atoms with E-state index in [0.717, 1.165) is 27.1 Å². The van der Waals surface area contributed by atoms with Gasteiger partial charge in [-0.2, -0.15) is 0 Å². The second kappa shape index (κ2) is 3.86. The van der Waals surface area contributed by atoms with Crippen LogP contribution in [0, 0.1) is 10.1 Å². The molecule has 4 nitrogen and oxygen atoms in total. The Kier molecular flexibility index (Phi) is 2.55. The van der Waals surface area contributed by atoms with Gasteiger partial charge in [0.1, 0.15) is 0 Å². The molecule has 2 aromatic rings. The molecule has 76 valence electrons. The molecule has 0 saturated carbocycles. The van der Waals surface area contributed by atoms with Crippen LogP contribution in [0.3, 0.4) is 0 Å². The summed E-state index contributed by atoms with van der Waals surface area (Å²) in [5.74, 6) is 0. The van der Waals surface area contributed by atoms with E-state index in [0.29, 0.717) is 0 Å². The van der Waals surface area contributed by atoms with Crippen molar-refractivity contribution in [2.24, 2.45) is 0 Å². The smallest absolute Gasteiger partial charge is 0.235 e. The highest BCUT2D eigenvalue weighted by atomic mass is 79.9. The standard InChI is InChI=1S/C10H7BrN2O2/c11-8-2-1-3-9-10(8)7(6-12-9)4-5-13(14)15/h1-6,12H/b5-4+. The van der Waals surface area contributed by atoms with Crippen molar-refractivity contribution in [3.05, 3.63) is 50.7 Å². The van der Waals surface area contributed by atoms with Crippen LogP contribution in [-0.4, -0.2) is 9.91 Å². The summed E-state index contributed by atoms with van der Waals surface area (Å²) >= 11 is 3.41. The van der Waals surface area contributed by atoms with E-state index in [2.05, 4.69) is 20.9 Å². The molecule has 1 aromatic heterocycles. The average Bonchev–Trinajstić information content (AvgIpc) is 2.59. The molecule has 0 aliphatic rings. The summed E-state index contributed by atoms with van der Waals surface area (Å²) in [6.45, 7) is 0. The topological polar surface area (TPSA) is 58.9 Å². The van der Waals surface area contributed by atoms with E-state index in [1.54, 1.807) is 6.20 Å². The molecule has 1 heterocycles. The maximum atomic E-state index is 10.2. The van der Waals surface area contributed by atoms with Crippen LogP contribution in [0.5, 0.6) is 0 Å². The molecule has 0 amide bonds. The van der Waals surface area contributed by atoms with Crippen LogP contribution in [0.15, 0.2) is 35.1 Å². The molecule has 5 heteroatoms. The summed E-state index contributed by atoms with van der Waals surface area (Å²) in [4.78, 5) is 12.8. The second-order valence-electron chi connectivity index (χ2n) is 3.01. The summed E-state index contributed by atoms with van der Waals surface area (Å²) in [6.07, 6.45) is 4.15. The first-order chi connectivity index (χ1) is 7.18. The van der Waals surface area contributed by atoms with Gasteiger partial charge in [-0.25, -0.2) is 0 Å². The van der Waals surface area contributed by atoms with Crippen LogP contribution < -0.4 is 0 Å². The van der Waals surface area contributed by atoms with Crippen LogP contribution >= 0.6 is 15.9 Å². The van der Waals surface area contributed by atoms with Gasteiger partial charge in [-0.1, -0.05) is 22.0 Å². The average molecular weight is 267 g/mol. The third kappa shape index (κ3) is 1.92. The van der Waals surface area contributed by atoms with Gasteiger partial charge in [-0.05, 0) is 12.1 Å². The third-order valence-corrected chi connectivity index (χ3v) is 2.72. The fourth-order valence-corrected chi connectivity index (χ4v) is 2.03. The number of H-pyrrole nitrogens is 1. The van der Waals surface area contributed by atoms with E-state index >= 15 is 0 Å². The van der Waals surface area contributed by atoms with E-state index in [9.17, 15) is 10.1 Å². The van der Waals surface area contributed by atoms with Crippen LogP contribution in [0.1, 0.15) is 5.56 Å². The Labute approximate surface area is 93.9 Å². The molecule has 0 aliphatic carbocycles. The Bertz CT molecular complexity index is 545. The fraction of sp³-hybridized carbons (Fsp3) is 0. The monoisotopic (exact) mass is 266 g/mol. The van der Waals surface area contributed by atoms with Gasteiger partial charge in [-0.3, -0.25) is 10.1 Å². The van der Waals surface area contributed by atoms with E-state index in [4.69, 9.17) is 0 Å². The van der Waals surface area contributed by atoms with Crippen molar-refractivity contribution in [2.75, 3.05) is 0 Å². The van der Waals surface area contributed by atoms with Crippen molar-refractivity contribution in [2.45, 2.75) is 0 Å². The molecule has 0 unspecified atom stereocenters. The highest BCUT2D eigenvalue weighted by molar-refractivity contribution is 9.10. The second-order valence-corrected chi connectivity index (χ2v) is 3.86. The number of nitrogens with one attached hydrogen (secondary N) is 1. The zero-order valence-electron chi connectivity index (χ0n) is 7.61. The number of nitro groups is 1. The van der Waals surface area contributed by atoms with Gasteiger partial charge in [-0.15, -0.1) is 0 Å². The van der Waals surface area contributed by atoms with Gasteiger partial charge in [0.25, 0.3) is 0 Å². The molecule has 1 N–H and O–H groups in total. The Balaban J connectivity index is 2.57. The van der Waals surface area contributed by atoms with Crippen molar-refractivity contribution >= 4 is 32.9 Å². The minimum Gasteiger partial charge on any atom is -0.361 e. The van der Waals surface area contributed by atoms with Gasteiger partial charge in [0.15, 0.2) is 0 Å². The molecule has 1 aromatic carbocycles. The quantitative estimate of drug-likeness (QED) is 0.671.